The molecule has 2 N–H and O–H groups in total. The van der Waals surface area contributed by atoms with Crippen molar-refractivity contribution in [2.45, 2.75) is 63.1 Å². The number of allylic oxidation sites excluding steroid dienone is 1. The molecule has 0 aromatic rings. The second-order valence-electron chi connectivity index (χ2n) is 6.07. The Bertz CT molecular complexity index is 316. The Morgan fingerprint density at radius 2 is 2.22 bits per heavy atom. The summed E-state index contributed by atoms with van der Waals surface area (Å²) in [7, 11) is 0. The smallest absolute Gasteiger partial charge is 0.0891 e. The van der Waals surface area contributed by atoms with E-state index in [9.17, 15) is 0 Å². The summed E-state index contributed by atoms with van der Waals surface area (Å²) >= 11 is 0. The lowest BCUT2D eigenvalue weighted by molar-refractivity contribution is -0.0546. The van der Waals surface area contributed by atoms with Gasteiger partial charge in [0.25, 0.3) is 0 Å². The Morgan fingerprint density at radius 3 is 3.17 bits per heavy atom. The molecular formula is C15H26N2O. The van der Waals surface area contributed by atoms with Crippen molar-refractivity contribution in [2.75, 3.05) is 19.7 Å². The van der Waals surface area contributed by atoms with E-state index in [-0.39, 0.29) is 12.1 Å². The number of ether oxygens (including phenoxy) is 1. The first-order valence-electron chi connectivity index (χ1n) is 7.65. The predicted molar refractivity (Wildman–Crippen MR) is 73.5 cm³/mol. The molecule has 0 saturated carbocycles. The molecule has 3 atom stereocenters. The van der Waals surface area contributed by atoms with E-state index in [2.05, 4.69) is 11.0 Å². The quantitative estimate of drug-likeness (QED) is 0.763. The van der Waals surface area contributed by atoms with Crippen LogP contribution in [-0.4, -0.2) is 42.8 Å². The average Bonchev–Trinajstić information content (AvgIpc) is 2.69. The molecule has 2 fully saturated rings. The third-order valence-corrected chi connectivity index (χ3v) is 4.82. The van der Waals surface area contributed by atoms with Gasteiger partial charge in [-0.3, -0.25) is 4.90 Å². The highest BCUT2D eigenvalue weighted by atomic mass is 16.5. The SMILES string of the molecule is NC(C1=CCCCCC1)C1CN2CCCC2CO1. The van der Waals surface area contributed by atoms with Gasteiger partial charge in [0.2, 0.25) is 0 Å². The maximum atomic E-state index is 6.46. The molecule has 2 heterocycles. The van der Waals surface area contributed by atoms with E-state index in [0.29, 0.717) is 6.04 Å². The van der Waals surface area contributed by atoms with Crippen molar-refractivity contribution < 1.29 is 4.74 Å². The Labute approximate surface area is 110 Å². The summed E-state index contributed by atoms with van der Waals surface area (Å²) in [6.45, 7) is 3.19. The molecule has 102 valence electrons. The van der Waals surface area contributed by atoms with Gasteiger partial charge in [0.15, 0.2) is 0 Å². The van der Waals surface area contributed by atoms with Gasteiger partial charge in [0.05, 0.1) is 18.8 Å². The van der Waals surface area contributed by atoms with Crippen molar-refractivity contribution in [1.29, 1.82) is 0 Å². The van der Waals surface area contributed by atoms with Crippen LogP contribution < -0.4 is 5.73 Å². The van der Waals surface area contributed by atoms with Gasteiger partial charge in [0.1, 0.15) is 0 Å². The molecule has 0 aromatic heterocycles. The summed E-state index contributed by atoms with van der Waals surface area (Å²) in [5.74, 6) is 0. The number of nitrogens with zero attached hydrogens (tertiary/aromatic N) is 1. The molecule has 18 heavy (non-hydrogen) atoms. The van der Waals surface area contributed by atoms with Gasteiger partial charge < -0.3 is 10.5 Å². The third-order valence-electron chi connectivity index (χ3n) is 4.82. The number of hydrogen-bond donors (Lipinski definition) is 1. The summed E-state index contributed by atoms with van der Waals surface area (Å²) in [4.78, 5) is 2.59. The van der Waals surface area contributed by atoms with Crippen LogP contribution >= 0.6 is 0 Å². The number of rotatable bonds is 2. The highest BCUT2D eigenvalue weighted by molar-refractivity contribution is 5.14. The zero-order valence-corrected chi connectivity index (χ0v) is 11.3. The Morgan fingerprint density at radius 1 is 1.28 bits per heavy atom. The summed E-state index contributed by atoms with van der Waals surface area (Å²) < 4.78 is 6.04. The molecule has 0 spiro atoms. The first kappa shape index (κ1) is 12.6. The maximum absolute atomic E-state index is 6.46. The van der Waals surface area contributed by atoms with E-state index in [1.54, 1.807) is 0 Å². The van der Waals surface area contributed by atoms with Gasteiger partial charge in [-0.15, -0.1) is 0 Å². The second-order valence-corrected chi connectivity index (χ2v) is 6.07. The molecule has 0 amide bonds. The lowest BCUT2D eigenvalue weighted by atomic mass is 9.96. The van der Waals surface area contributed by atoms with E-state index in [4.69, 9.17) is 10.5 Å². The van der Waals surface area contributed by atoms with Crippen molar-refractivity contribution in [3.05, 3.63) is 11.6 Å². The maximum Gasteiger partial charge on any atom is 0.0891 e. The summed E-state index contributed by atoms with van der Waals surface area (Å²) in [5.41, 5.74) is 7.91. The van der Waals surface area contributed by atoms with Gasteiger partial charge in [0, 0.05) is 12.6 Å². The Balaban J connectivity index is 1.61. The minimum Gasteiger partial charge on any atom is -0.373 e. The van der Waals surface area contributed by atoms with Gasteiger partial charge in [-0.25, -0.2) is 0 Å². The third kappa shape index (κ3) is 2.63. The predicted octanol–water partition coefficient (Wildman–Crippen LogP) is 2.07. The van der Waals surface area contributed by atoms with Crippen LogP contribution in [0.2, 0.25) is 0 Å². The average molecular weight is 250 g/mol. The van der Waals surface area contributed by atoms with E-state index < -0.39 is 0 Å². The van der Waals surface area contributed by atoms with Crippen molar-refractivity contribution in [3.8, 4) is 0 Å². The first-order valence-corrected chi connectivity index (χ1v) is 7.65. The second kappa shape index (κ2) is 5.72. The van der Waals surface area contributed by atoms with Crippen LogP contribution in [0.1, 0.15) is 44.9 Å². The molecule has 2 saturated heterocycles. The molecule has 3 rings (SSSR count). The monoisotopic (exact) mass is 250 g/mol. The van der Waals surface area contributed by atoms with Gasteiger partial charge >= 0.3 is 0 Å². The van der Waals surface area contributed by atoms with Gasteiger partial charge in [-0.1, -0.05) is 18.1 Å². The number of fused-ring (bicyclic) bond motifs is 1. The number of hydrogen-bond acceptors (Lipinski definition) is 3. The zero-order chi connectivity index (χ0) is 12.4. The van der Waals surface area contributed by atoms with Gasteiger partial charge in [-0.05, 0) is 45.1 Å². The lowest BCUT2D eigenvalue weighted by Crippen LogP contribution is -2.53. The van der Waals surface area contributed by atoms with Gasteiger partial charge in [-0.2, -0.15) is 0 Å². The van der Waals surface area contributed by atoms with Crippen LogP contribution in [0.5, 0.6) is 0 Å². The van der Waals surface area contributed by atoms with Crippen LogP contribution in [0.4, 0.5) is 0 Å². The van der Waals surface area contributed by atoms with E-state index in [1.807, 2.05) is 0 Å². The van der Waals surface area contributed by atoms with E-state index in [1.165, 1.54) is 57.1 Å². The van der Waals surface area contributed by atoms with Crippen LogP contribution in [0.25, 0.3) is 0 Å². The lowest BCUT2D eigenvalue weighted by Gasteiger charge is -2.38. The Hall–Kier alpha value is -0.380. The molecule has 0 bridgehead atoms. The molecule has 3 heteroatoms. The fourth-order valence-electron chi connectivity index (χ4n) is 3.64. The minimum atomic E-state index is 0.129. The first-order chi connectivity index (χ1) is 8.84. The molecule has 0 aromatic carbocycles. The Kier molecular flexibility index (Phi) is 4.02. The highest BCUT2D eigenvalue weighted by Gasteiger charge is 2.35. The molecule has 3 nitrogen and oxygen atoms in total. The largest absolute Gasteiger partial charge is 0.373 e. The normalized spacial score (nSPS) is 35.7. The van der Waals surface area contributed by atoms with Crippen molar-refractivity contribution >= 4 is 0 Å². The molecule has 3 unspecified atom stereocenters. The van der Waals surface area contributed by atoms with Crippen LogP contribution in [0.15, 0.2) is 11.6 Å². The fraction of sp³-hybridized carbons (Fsp3) is 0.867. The molecular weight excluding hydrogens is 224 g/mol. The summed E-state index contributed by atoms with van der Waals surface area (Å²) in [6.07, 6.45) is 11.6. The van der Waals surface area contributed by atoms with Crippen molar-refractivity contribution in [3.63, 3.8) is 0 Å². The molecule has 1 aliphatic carbocycles. The molecule has 0 radical (unpaired) electrons. The number of nitrogens with two attached hydrogens (primary N) is 1. The summed E-state index contributed by atoms with van der Waals surface area (Å²) in [5, 5.41) is 0. The minimum absolute atomic E-state index is 0.129. The van der Waals surface area contributed by atoms with Crippen molar-refractivity contribution in [1.82, 2.24) is 4.90 Å². The van der Waals surface area contributed by atoms with E-state index in [0.717, 1.165) is 13.2 Å². The van der Waals surface area contributed by atoms with Crippen molar-refractivity contribution in [2.24, 2.45) is 5.73 Å². The highest BCUT2D eigenvalue weighted by Crippen LogP contribution is 2.27. The van der Waals surface area contributed by atoms with Crippen LogP contribution in [0, 0.1) is 0 Å². The topological polar surface area (TPSA) is 38.5 Å². The zero-order valence-electron chi connectivity index (χ0n) is 11.3. The summed E-state index contributed by atoms with van der Waals surface area (Å²) in [6, 6.07) is 0.807. The van der Waals surface area contributed by atoms with Crippen LogP contribution in [-0.2, 0) is 4.74 Å². The molecule has 3 aliphatic rings. The molecule has 2 aliphatic heterocycles. The fourth-order valence-corrected chi connectivity index (χ4v) is 3.64. The van der Waals surface area contributed by atoms with Crippen LogP contribution in [0.3, 0.4) is 0 Å². The van der Waals surface area contributed by atoms with E-state index >= 15 is 0 Å². The standard InChI is InChI=1S/C15H26N2O/c16-15(12-6-3-1-2-4-7-12)14-10-17-9-5-8-13(17)11-18-14/h6,13-15H,1-5,7-11,16H2. The number of morpholine rings is 1.